The smallest absolute Gasteiger partial charge is 0.146 e. The van der Waals surface area contributed by atoms with Crippen LogP contribution in [-0.2, 0) is 11.2 Å². The average Bonchev–Trinajstić information content (AvgIpc) is 2.83. The highest BCUT2D eigenvalue weighted by atomic mass is 35.5. The first-order valence-corrected chi connectivity index (χ1v) is 6.16. The molecule has 0 aliphatic carbocycles. The zero-order valence-electron chi connectivity index (χ0n) is 9.91. The Labute approximate surface area is 123 Å². The van der Waals surface area contributed by atoms with Gasteiger partial charge in [0.2, 0.25) is 0 Å². The Hall–Kier alpha value is -0.900. The topological polar surface area (TPSA) is 30.0 Å². The van der Waals surface area contributed by atoms with Crippen LogP contribution in [0.1, 0.15) is 24.1 Å². The van der Waals surface area contributed by atoms with Gasteiger partial charge in [-0.1, -0.05) is 30.3 Å². The summed E-state index contributed by atoms with van der Waals surface area (Å²) >= 11 is 1.53. The van der Waals surface area contributed by atoms with E-state index in [0.29, 0.717) is 6.42 Å². The minimum absolute atomic E-state index is 0. The number of hydrogen-bond acceptors (Lipinski definition) is 3. The Morgan fingerprint density at radius 3 is 2.50 bits per heavy atom. The maximum Gasteiger partial charge on any atom is 0.146 e. The Morgan fingerprint density at radius 1 is 1.28 bits per heavy atom. The summed E-state index contributed by atoms with van der Waals surface area (Å²) in [7, 11) is 0. The van der Waals surface area contributed by atoms with Crippen molar-refractivity contribution in [1.82, 2.24) is 4.98 Å². The van der Waals surface area contributed by atoms with E-state index >= 15 is 0 Å². The van der Waals surface area contributed by atoms with Crippen molar-refractivity contribution >= 4 is 41.9 Å². The molecule has 0 spiro atoms. The highest BCUT2D eigenvalue weighted by Gasteiger charge is 2.16. The third-order valence-electron chi connectivity index (χ3n) is 2.60. The van der Waals surface area contributed by atoms with Crippen molar-refractivity contribution in [3.05, 3.63) is 52.5 Å². The summed E-state index contributed by atoms with van der Waals surface area (Å²) in [6.07, 6.45) is 0.486. The number of aromatic nitrogens is 1. The van der Waals surface area contributed by atoms with Gasteiger partial charge in [0.25, 0.3) is 0 Å². The van der Waals surface area contributed by atoms with E-state index in [1.165, 1.54) is 11.3 Å². The molecule has 2 aromatic rings. The SMILES string of the molecule is CC(C(=O)Cc1ccccc1)c1cscn1.Cl.Cl. The number of ketones is 1. The maximum atomic E-state index is 12.0. The molecule has 2 nitrogen and oxygen atoms in total. The Kier molecular flexibility index (Phi) is 7.83. The molecule has 1 aromatic heterocycles. The number of thiazole rings is 1. The van der Waals surface area contributed by atoms with Crippen molar-refractivity contribution in [3.8, 4) is 0 Å². The van der Waals surface area contributed by atoms with Crippen molar-refractivity contribution in [3.63, 3.8) is 0 Å². The van der Waals surface area contributed by atoms with Gasteiger partial charge in [0.15, 0.2) is 0 Å². The van der Waals surface area contributed by atoms with Gasteiger partial charge < -0.3 is 0 Å². The Balaban J connectivity index is 0.00000144. The zero-order chi connectivity index (χ0) is 11.4. The molecule has 0 amide bonds. The summed E-state index contributed by atoms with van der Waals surface area (Å²) in [5.41, 5.74) is 3.71. The molecule has 1 heterocycles. The predicted molar refractivity (Wildman–Crippen MR) is 80.2 cm³/mol. The first-order valence-electron chi connectivity index (χ1n) is 5.22. The van der Waals surface area contributed by atoms with E-state index in [2.05, 4.69) is 4.98 Å². The van der Waals surface area contributed by atoms with Crippen LogP contribution in [0.15, 0.2) is 41.2 Å². The van der Waals surface area contributed by atoms with Gasteiger partial charge in [-0.15, -0.1) is 36.2 Å². The normalized spacial score (nSPS) is 10.9. The number of carbonyl (C=O) groups excluding carboxylic acids is 1. The summed E-state index contributed by atoms with van der Waals surface area (Å²) in [6.45, 7) is 1.92. The molecule has 2 rings (SSSR count). The predicted octanol–water partition coefficient (Wildman–Crippen LogP) is 3.90. The van der Waals surface area contributed by atoms with Crippen LogP contribution in [0.5, 0.6) is 0 Å². The Morgan fingerprint density at radius 2 is 1.94 bits per heavy atom. The number of hydrogen-bond donors (Lipinski definition) is 0. The van der Waals surface area contributed by atoms with Gasteiger partial charge in [0, 0.05) is 11.8 Å². The fourth-order valence-electron chi connectivity index (χ4n) is 1.55. The van der Waals surface area contributed by atoms with E-state index < -0.39 is 0 Å². The molecule has 18 heavy (non-hydrogen) atoms. The molecule has 0 radical (unpaired) electrons. The molecule has 0 aliphatic rings. The van der Waals surface area contributed by atoms with Crippen LogP contribution in [0.3, 0.4) is 0 Å². The lowest BCUT2D eigenvalue weighted by molar-refractivity contribution is -0.119. The summed E-state index contributed by atoms with van der Waals surface area (Å²) in [5, 5.41) is 1.94. The second kappa shape index (κ2) is 8.25. The summed E-state index contributed by atoms with van der Waals surface area (Å²) in [5.74, 6) is 0.114. The number of Topliss-reactive ketones (excluding diaryl/α,β-unsaturated/α-hetero) is 1. The standard InChI is InChI=1S/C13H13NOS.2ClH/c1-10(12-8-16-9-14-12)13(15)7-11-5-3-2-4-6-11;;/h2-6,8-10H,7H2,1H3;2*1H. The molecular weight excluding hydrogens is 289 g/mol. The lowest BCUT2D eigenvalue weighted by Gasteiger charge is -2.07. The van der Waals surface area contributed by atoms with Crippen LogP contribution in [0.4, 0.5) is 0 Å². The number of rotatable bonds is 4. The number of nitrogens with zero attached hydrogens (tertiary/aromatic N) is 1. The number of carbonyl (C=O) groups is 1. The molecule has 0 aliphatic heterocycles. The van der Waals surface area contributed by atoms with Crippen LogP contribution >= 0.6 is 36.2 Å². The average molecular weight is 304 g/mol. The molecule has 1 aromatic carbocycles. The maximum absolute atomic E-state index is 12.0. The van der Waals surface area contributed by atoms with Crippen molar-refractivity contribution in [2.45, 2.75) is 19.3 Å². The highest BCUT2D eigenvalue weighted by Crippen LogP contribution is 2.18. The van der Waals surface area contributed by atoms with E-state index in [9.17, 15) is 4.79 Å². The van der Waals surface area contributed by atoms with E-state index in [1.807, 2.05) is 42.6 Å². The van der Waals surface area contributed by atoms with Crippen molar-refractivity contribution in [2.24, 2.45) is 0 Å². The summed E-state index contributed by atoms with van der Waals surface area (Å²) < 4.78 is 0. The summed E-state index contributed by atoms with van der Waals surface area (Å²) in [4.78, 5) is 16.2. The molecule has 1 atom stereocenters. The van der Waals surface area contributed by atoms with Crippen LogP contribution in [0.25, 0.3) is 0 Å². The van der Waals surface area contributed by atoms with Gasteiger partial charge in [-0.25, -0.2) is 4.98 Å². The number of halogens is 2. The third kappa shape index (κ3) is 4.41. The molecule has 0 fully saturated rings. The molecule has 0 saturated carbocycles. The lowest BCUT2D eigenvalue weighted by atomic mass is 9.97. The van der Waals surface area contributed by atoms with Crippen molar-refractivity contribution in [2.75, 3.05) is 0 Å². The van der Waals surface area contributed by atoms with Gasteiger partial charge in [0.1, 0.15) is 5.78 Å². The zero-order valence-corrected chi connectivity index (χ0v) is 12.4. The molecule has 98 valence electrons. The van der Waals surface area contributed by atoms with Crippen LogP contribution in [0, 0.1) is 0 Å². The van der Waals surface area contributed by atoms with E-state index in [0.717, 1.165) is 11.3 Å². The van der Waals surface area contributed by atoms with Gasteiger partial charge in [-0.3, -0.25) is 4.79 Å². The Bertz CT molecular complexity index is 459. The minimum atomic E-state index is -0.105. The van der Waals surface area contributed by atoms with Gasteiger partial charge in [-0.2, -0.15) is 0 Å². The van der Waals surface area contributed by atoms with Gasteiger partial charge in [0.05, 0.1) is 17.1 Å². The largest absolute Gasteiger partial charge is 0.299 e. The van der Waals surface area contributed by atoms with Crippen molar-refractivity contribution in [1.29, 1.82) is 0 Å². The van der Waals surface area contributed by atoms with Crippen LogP contribution in [0.2, 0.25) is 0 Å². The number of benzene rings is 1. The van der Waals surface area contributed by atoms with Gasteiger partial charge in [-0.05, 0) is 12.5 Å². The fourth-order valence-corrected chi connectivity index (χ4v) is 2.20. The molecule has 0 N–H and O–H groups in total. The monoisotopic (exact) mass is 303 g/mol. The van der Waals surface area contributed by atoms with E-state index in [4.69, 9.17) is 0 Å². The first kappa shape index (κ1) is 17.1. The van der Waals surface area contributed by atoms with Crippen LogP contribution in [-0.4, -0.2) is 10.8 Å². The van der Waals surface area contributed by atoms with Crippen LogP contribution < -0.4 is 0 Å². The highest BCUT2D eigenvalue weighted by molar-refractivity contribution is 7.07. The van der Waals surface area contributed by atoms with E-state index in [-0.39, 0.29) is 36.5 Å². The molecule has 0 bridgehead atoms. The quantitative estimate of drug-likeness (QED) is 0.857. The second-order valence-corrected chi connectivity index (χ2v) is 4.48. The molecule has 1 unspecified atom stereocenters. The molecular formula is C13H15Cl2NOS. The lowest BCUT2D eigenvalue weighted by Crippen LogP contribution is -2.12. The first-order chi connectivity index (χ1) is 7.77. The van der Waals surface area contributed by atoms with Crippen molar-refractivity contribution < 1.29 is 4.79 Å². The third-order valence-corrected chi connectivity index (χ3v) is 3.20. The molecule has 5 heteroatoms. The minimum Gasteiger partial charge on any atom is -0.299 e. The van der Waals surface area contributed by atoms with Gasteiger partial charge >= 0.3 is 0 Å². The van der Waals surface area contributed by atoms with E-state index in [1.54, 1.807) is 5.51 Å². The second-order valence-electron chi connectivity index (χ2n) is 3.76. The summed E-state index contributed by atoms with van der Waals surface area (Å²) in [6, 6.07) is 9.82. The fraction of sp³-hybridized carbons (Fsp3) is 0.231. The molecule has 0 saturated heterocycles.